The summed E-state index contributed by atoms with van der Waals surface area (Å²) in [6.07, 6.45) is 6.19. The van der Waals surface area contributed by atoms with E-state index in [1.807, 2.05) is 53.4 Å². The van der Waals surface area contributed by atoms with Crippen molar-refractivity contribution in [3.63, 3.8) is 0 Å². The molecule has 0 radical (unpaired) electrons. The summed E-state index contributed by atoms with van der Waals surface area (Å²) in [6, 6.07) is 22.1. The minimum absolute atomic E-state index is 0.0274. The van der Waals surface area contributed by atoms with Crippen LogP contribution in [0.5, 0.6) is 34.5 Å². The highest BCUT2D eigenvalue weighted by Crippen LogP contribution is 2.50. The number of fused-ring (bicyclic) bond motifs is 5. The smallest absolute Gasteiger partial charge is 0.289 e. The van der Waals surface area contributed by atoms with Crippen molar-refractivity contribution in [2.45, 2.75) is 83.0 Å². The average molecular weight is 847 g/mol. The molecule has 4 aromatic carbocycles. The normalized spacial score (nSPS) is 23.9. The number of amides is 1. The van der Waals surface area contributed by atoms with Crippen LogP contribution >= 0.6 is 0 Å². The molecular formula is C50H58N2O10. The second-order valence-corrected chi connectivity index (χ2v) is 17.1. The molecule has 1 saturated heterocycles. The van der Waals surface area contributed by atoms with Crippen LogP contribution in [0.2, 0.25) is 0 Å². The summed E-state index contributed by atoms with van der Waals surface area (Å²) in [6.45, 7) is 5.24. The number of hydrogen-bond acceptors (Lipinski definition) is 11. The molecule has 5 aliphatic heterocycles. The molecule has 0 aromatic heterocycles. The van der Waals surface area contributed by atoms with E-state index in [1.54, 1.807) is 28.4 Å². The van der Waals surface area contributed by atoms with Crippen LogP contribution in [0.4, 0.5) is 0 Å². The van der Waals surface area contributed by atoms with E-state index in [4.69, 9.17) is 37.9 Å². The highest BCUT2D eigenvalue weighted by molar-refractivity contribution is 5.92. The lowest BCUT2D eigenvalue weighted by molar-refractivity contribution is -0.158. The van der Waals surface area contributed by atoms with Crippen LogP contribution < -0.4 is 28.4 Å². The van der Waals surface area contributed by atoms with E-state index in [9.17, 15) is 5.11 Å². The molecule has 12 heteroatoms. The summed E-state index contributed by atoms with van der Waals surface area (Å²) < 4.78 is 47.6. The topological polar surface area (TPSA) is 118 Å². The molecule has 328 valence electrons. The van der Waals surface area contributed by atoms with Crippen LogP contribution in [0.3, 0.4) is 0 Å². The second kappa shape index (κ2) is 18.1. The zero-order valence-electron chi connectivity index (χ0n) is 36.4. The predicted octanol–water partition coefficient (Wildman–Crippen LogP) is 8.03. The maximum Gasteiger partial charge on any atom is 0.289 e. The quantitative estimate of drug-likeness (QED) is 0.141. The minimum Gasteiger partial charge on any atom is -0.493 e. The molecule has 1 N–H and O–H groups in total. The number of carbonyl (C=O) groups excluding carboxylic acids is 1. The summed E-state index contributed by atoms with van der Waals surface area (Å²) in [4.78, 5) is 20.0. The van der Waals surface area contributed by atoms with Gasteiger partial charge in [-0.1, -0.05) is 43.7 Å². The third kappa shape index (κ3) is 8.16. The van der Waals surface area contributed by atoms with Gasteiger partial charge in [-0.25, -0.2) is 0 Å². The van der Waals surface area contributed by atoms with Crippen molar-refractivity contribution in [1.29, 1.82) is 0 Å². The molecule has 0 saturated carbocycles. The fraction of sp³-hybridized carbons (Fsp3) is 0.460. The molecule has 5 aliphatic rings. The monoisotopic (exact) mass is 846 g/mol. The van der Waals surface area contributed by atoms with Crippen molar-refractivity contribution in [2.24, 2.45) is 11.8 Å². The van der Waals surface area contributed by atoms with Crippen LogP contribution in [0, 0.1) is 11.8 Å². The number of piperidine rings is 1. The first-order valence-electron chi connectivity index (χ1n) is 21.9. The summed E-state index contributed by atoms with van der Waals surface area (Å²) in [5.41, 5.74) is 7.62. The van der Waals surface area contributed by atoms with Crippen molar-refractivity contribution in [2.75, 3.05) is 54.9 Å². The van der Waals surface area contributed by atoms with Crippen molar-refractivity contribution in [3.05, 3.63) is 118 Å². The Bertz CT molecular complexity index is 2290. The molecule has 4 aromatic rings. The SMILES string of the molecule is CC[C@H]1CN2CCc3cc(OC)c(OC)cc3[C@@H]2C[C@@H]1C[C@@H]1c2cc(OC)c(OC)cc2CCN1C(=O)C1=C[C@H](c2ccc3c(c2)OCO3)C[C@H](OCc2ccc(CO)cc2)O1. The highest BCUT2D eigenvalue weighted by Gasteiger charge is 2.43. The molecule has 5 heterocycles. The number of ether oxygens (including phenoxy) is 8. The number of aliphatic hydroxyl groups excluding tert-OH is 1. The number of methoxy groups -OCH3 is 4. The first-order chi connectivity index (χ1) is 30.3. The Morgan fingerprint density at radius 2 is 1.42 bits per heavy atom. The lowest BCUT2D eigenvalue weighted by Crippen LogP contribution is -2.48. The highest BCUT2D eigenvalue weighted by atomic mass is 16.7. The maximum absolute atomic E-state index is 15.3. The van der Waals surface area contributed by atoms with Gasteiger partial charge in [-0.3, -0.25) is 9.69 Å². The van der Waals surface area contributed by atoms with E-state index in [1.165, 1.54) is 11.1 Å². The van der Waals surface area contributed by atoms with Crippen molar-refractivity contribution >= 4 is 5.91 Å². The molecule has 12 nitrogen and oxygen atoms in total. The van der Waals surface area contributed by atoms with Gasteiger partial charge in [0.2, 0.25) is 13.1 Å². The van der Waals surface area contributed by atoms with E-state index in [0.717, 1.165) is 78.1 Å². The van der Waals surface area contributed by atoms with Crippen LogP contribution in [-0.4, -0.2) is 82.0 Å². The van der Waals surface area contributed by atoms with E-state index >= 15 is 4.79 Å². The van der Waals surface area contributed by atoms with Gasteiger partial charge in [-0.15, -0.1) is 0 Å². The number of rotatable bonds is 13. The van der Waals surface area contributed by atoms with E-state index < -0.39 is 6.29 Å². The molecule has 1 fully saturated rings. The summed E-state index contributed by atoms with van der Waals surface area (Å²) >= 11 is 0. The van der Waals surface area contributed by atoms with Crippen molar-refractivity contribution in [1.82, 2.24) is 9.80 Å². The fourth-order valence-corrected chi connectivity index (χ4v) is 10.4. The average Bonchev–Trinajstić information content (AvgIpc) is 3.80. The first-order valence-corrected chi connectivity index (χ1v) is 21.9. The molecular weight excluding hydrogens is 789 g/mol. The Hall–Kier alpha value is -5.43. The summed E-state index contributed by atoms with van der Waals surface area (Å²) in [5, 5.41) is 9.57. The van der Waals surface area contributed by atoms with Gasteiger partial charge in [0.25, 0.3) is 5.91 Å². The Morgan fingerprint density at radius 1 is 0.758 bits per heavy atom. The van der Waals surface area contributed by atoms with Crippen LogP contribution in [0.1, 0.15) is 89.6 Å². The van der Waals surface area contributed by atoms with Crippen LogP contribution in [-0.2, 0) is 40.3 Å². The number of allylic oxidation sites excluding steroid dienone is 1. The molecule has 9 rings (SSSR count). The van der Waals surface area contributed by atoms with E-state index in [0.29, 0.717) is 54.2 Å². The lowest BCUT2D eigenvalue weighted by atomic mass is 9.72. The largest absolute Gasteiger partial charge is 0.493 e. The molecule has 0 aliphatic carbocycles. The Balaban J connectivity index is 1.05. The Kier molecular flexibility index (Phi) is 12.2. The van der Waals surface area contributed by atoms with Gasteiger partial charge < -0.3 is 47.9 Å². The zero-order valence-corrected chi connectivity index (χ0v) is 36.4. The van der Waals surface area contributed by atoms with Crippen LogP contribution in [0.25, 0.3) is 0 Å². The van der Waals surface area contributed by atoms with Gasteiger partial charge >= 0.3 is 0 Å². The third-order valence-electron chi connectivity index (χ3n) is 13.8. The van der Waals surface area contributed by atoms with E-state index in [-0.39, 0.29) is 49.7 Å². The number of benzene rings is 4. The minimum atomic E-state index is -0.692. The predicted molar refractivity (Wildman–Crippen MR) is 232 cm³/mol. The van der Waals surface area contributed by atoms with Crippen molar-refractivity contribution < 1.29 is 47.8 Å². The van der Waals surface area contributed by atoms with Gasteiger partial charge in [-0.05, 0) is 119 Å². The molecule has 0 unspecified atom stereocenters. The van der Waals surface area contributed by atoms with Crippen molar-refractivity contribution in [3.8, 4) is 34.5 Å². The first kappa shape index (κ1) is 41.9. The third-order valence-corrected chi connectivity index (χ3v) is 13.8. The number of aliphatic hydroxyl groups is 1. The molecule has 0 bridgehead atoms. The summed E-state index contributed by atoms with van der Waals surface area (Å²) in [5.74, 6) is 4.92. The zero-order chi connectivity index (χ0) is 42.9. The van der Waals surface area contributed by atoms with Crippen LogP contribution in [0.15, 0.2) is 78.6 Å². The molecule has 62 heavy (non-hydrogen) atoms. The lowest BCUT2D eigenvalue weighted by Gasteiger charge is -2.49. The number of hydrogen-bond donors (Lipinski definition) is 1. The Morgan fingerprint density at radius 3 is 2.13 bits per heavy atom. The molecule has 6 atom stereocenters. The van der Waals surface area contributed by atoms with Gasteiger partial charge in [0.1, 0.15) is 0 Å². The number of nitrogens with zero attached hydrogens (tertiary/aromatic N) is 2. The van der Waals surface area contributed by atoms with Gasteiger partial charge in [-0.2, -0.15) is 0 Å². The molecule has 0 spiro atoms. The standard InChI is InChI=1S/C50H58N2O10/c1-6-32-26-51-15-13-34-20-43(55-2)45(57-4)24-38(34)40(51)17-36(32)18-41-39-25-46(58-5)44(56-3)21-35(39)14-16-52(41)50(54)48-22-37(33-11-12-42-47(19-33)61-29-60-42)23-49(62-48)59-28-31-9-7-30(27-53)8-10-31/h7-12,19-22,24-25,32,36-37,40-41,49,53H,6,13-18,23,26-29H2,1-5H3/t32-,36+,37-,40-,41+,49+/m0/s1. The number of carbonyl (C=O) groups is 1. The Labute approximate surface area is 364 Å². The van der Waals surface area contributed by atoms with Gasteiger partial charge in [0.05, 0.1) is 47.7 Å². The molecule has 1 amide bonds. The second-order valence-electron chi connectivity index (χ2n) is 17.1. The van der Waals surface area contributed by atoms with E-state index in [2.05, 4.69) is 36.1 Å². The fourth-order valence-electron chi connectivity index (χ4n) is 10.4. The van der Waals surface area contributed by atoms with Gasteiger partial charge in [0.15, 0.2) is 40.3 Å². The maximum atomic E-state index is 15.3. The summed E-state index contributed by atoms with van der Waals surface area (Å²) in [7, 11) is 6.72. The van der Waals surface area contributed by atoms with Gasteiger partial charge in [0, 0.05) is 38.0 Å².